The fourth-order valence-electron chi connectivity index (χ4n) is 2.27. The van der Waals surface area contributed by atoms with Gasteiger partial charge in [-0.15, -0.1) is 0 Å². The average molecular weight is 198 g/mol. The van der Waals surface area contributed by atoms with E-state index < -0.39 is 0 Å². The van der Waals surface area contributed by atoms with Crippen molar-refractivity contribution in [3.05, 3.63) is 0 Å². The number of rotatable bonds is 5. The molecule has 1 rings (SSSR count). The molecule has 2 N–H and O–H groups in total. The Bertz CT molecular complexity index is 150. The minimum atomic E-state index is 0.575. The third-order valence-electron chi connectivity index (χ3n) is 3.56. The minimum absolute atomic E-state index is 0.575. The van der Waals surface area contributed by atoms with Crippen molar-refractivity contribution < 1.29 is 0 Å². The number of likely N-dealkylation sites (N-methyl/N-ethyl adjacent to an activating group) is 1. The minimum Gasteiger partial charge on any atom is -0.316 e. The van der Waals surface area contributed by atoms with E-state index in [0.29, 0.717) is 11.5 Å². The zero-order valence-electron chi connectivity index (χ0n) is 10.0. The SMILES string of the molecule is CNC(C)CNCC1(C)CCCCC1. The van der Waals surface area contributed by atoms with Gasteiger partial charge in [-0.25, -0.2) is 0 Å². The summed E-state index contributed by atoms with van der Waals surface area (Å²) in [6.07, 6.45) is 7.13. The van der Waals surface area contributed by atoms with Gasteiger partial charge in [0, 0.05) is 19.1 Å². The van der Waals surface area contributed by atoms with E-state index in [1.165, 1.54) is 38.6 Å². The maximum Gasteiger partial charge on any atom is 0.0161 e. The first-order valence-electron chi connectivity index (χ1n) is 6.04. The van der Waals surface area contributed by atoms with Crippen LogP contribution in [-0.4, -0.2) is 26.2 Å². The van der Waals surface area contributed by atoms with E-state index in [0.717, 1.165) is 6.54 Å². The van der Waals surface area contributed by atoms with E-state index in [1.807, 2.05) is 7.05 Å². The van der Waals surface area contributed by atoms with Gasteiger partial charge in [-0.1, -0.05) is 26.2 Å². The Labute approximate surface area is 88.8 Å². The first kappa shape index (κ1) is 12.0. The van der Waals surface area contributed by atoms with Crippen LogP contribution in [0.1, 0.15) is 46.0 Å². The van der Waals surface area contributed by atoms with Gasteiger partial charge >= 0.3 is 0 Å². The normalized spacial score (nSPS) is 23.4. The molecule has 0 aromatic heterocycles. The molecule has 0 aromatic carbocycles. The molecule has 0 amide bonds. The topological polar surface area (TPSA) is 24.1 Å². The highest BCUT2D eigenvalue weighted by atomic mass is 15.0. The van der Waals surface area contributed by atoms with Gasteiger partial charge in [0.15, 0.2) is 0 Å². The van der Waals surface area contributed by atoms with Gasteiger partial charge in [-0.05, 0) is 32.2 Å². The molecular weight excluding hydrogens is 172 g/mol. The van der Waals surface area contributed by atoms with E-state index in [4.69, 9.17) is 0 Å². The van der Waals surface area contributed by atoms with E-state index in [-0.39, 0.29) is 0 Å². The van der Waals surface area contributed by atoms with Crippen LogP contribution in [0, 0.1) is 5.41 Å². The molecule has 1 saturated carbocycles. The first-order chi connectivity index (χ1) is 6.66. The van der Waals surface area contributed by atoms with E-state index >= 15 is 0 Å². The third-order valence-corrected chi connectivity index (χ3v) is 3.56. The van der Waals surface area contributed by atoms with Crippen LogP contribution < -0.4 is 10.6 Å². The molecule has 0 bridgehead atoms. The van der Waals surface area contributed by atoms with Crippen molar-refractivity contribution in [1.29, 1.82) is 0 Å². The molecule has 2 nitrogen and oxygen atoms in total. The molecular formula is C12H26N2. The van der Waals surface area contributed by atoms with Crippen LogP contribution in [0.3, 0.4) is 0 Å². The van der Waals surface area contributed by atoms with Crippen LogP contribution in [0.15, 0.2) is 0 Å². The highest BCUT2D eigenvalue weighted by Crippen LogP contribution is 2.34. The number of hydrogen-bond acceptors (Lipinski definition) is 2. The lowest BCUT2D eigenvalue weighted by Gasteiger charge is -2.34. The van der Waals surface area contributed by atoms with E-state index in [2.05, 4.69) is 24.5 Å². The van der Waals surface area contributed by atoms with Crippen LogP contribution >= 0.6 is 0 Å². The van der Waals surface area contributed by atoms with Crippen molar-refractivity contribution in [2.24, 2.45) is 5.41 Å². The Morgan fingerprint density at radius 1 is 1.21 bits per heavy atom. The van der Waals surface area contributed by atoms with Crippen LogP contribution in [0.5, 0.6) is 0 Å². The summed E-state index contributed by atoms with van der Waals surface area (Å²) in [7, 11) is 2.02. The zero-order chi connectivity index (χ0) is 10.4. The van der Waals surface area contributed by atoms with Gasteiger partial charge in [-0.3, -0.25) is 0 Å². The van der Waals surface area contributed by atoms with Crippen LogP contribution in [0.25, 0.3) is 0 Å². The lowest BCUT2D eigenvalue weighted by molar-refractivity contribution is 0.206. The lowest BCUT2D eigenvalue weighted by atomic mass is 9.76. The first-order valence-corrected chi connectivity index (χ1v) is 6.04. The summed E-state index contributed by atoms with van der Waals surface area (Å²) in [4.78, 5) is 0. The third kappa shape index (κ3) is 3.97. The molecule has 0 spiro atoms. The fraction of sp³-hybridized carbons (Fsp3) is 1.00. The molecule has 0 aliphatic heterocycles. The van der Waals surface area contributed by atoms with E-state index in [9.17, 15) is 0 Å². The van der Waals surface area contributed by atoms with Crippen LogP contribution in [0.2, 0.25) is 0 Å². The van der Waals surface area contributed by atoms with Crippen LogP contribution in [0.4, 0.5) is 0 Å². The van der Waals surface area contributed by atoms with Gasteiger partial charge < -0.3 is 10.6 Å². The maximum absolute atomic E-state index is 3.58. The summed E-state index contributed by atoms with van der Waals surface area (Å²) in [5.74, 6) is 0. The Kier molecular flexibility index (Phi) is 4.90. The Morgan fingerprint density at radius 3 is 2.43 bits per heavy atom. The second-order valence-electron chi connectivity index (χ2n) is 5.19. The standard InChI is InChI=1S/C12H26N2/c1-11(13-3)9-14-10-12(2)7-5-4-6-8-12/h11,13-14H,4-10H2,1-3H3. The largest absolute Gasteiger partial charge is 0.316 e. The second-order valence-corrected chi connectivity index (χ2v) is 5.19. The average Bonchev–Trinajstić information content (AvgIpc) is 2.18. The summed E-state index contributed by atoms with van der Waals surface area (Å²) >= 11 is 0. The monoisotopic (exact) mass is 198 g/mol. The summed E-state index contributed by atoms with van der Waals surface area (Å²) in [5, 5.41) is 6.84. The molecule has 2 heteroatoms. The molecule has 0 heterocycles. The Morgan fingerprint density at radius 2 is 1.86 bits per heavy atom. The Hall–Kier alpha value is -0.0800. The lowest BCUT2D eigenvalue weighted by Crippen LogP contribution is -2.40. The molecule has 0 aromatic rings. The summed E-state index contributed by atoms with van der Waals surface area (Å²) in [6.45, 7) is 6.94. The maximum atomic E-state index is 3.58. The summed E-state index contributed by atoms with van der Waals surface area (Å²) < 4.78 is 0. The molecule has 1 aliphatic rings. The summed E-state index contributed by atoms with van der Waals surface area (Å²) in [5.41, 5.74) is 0.575. The molecule has 0 saturated heterocycles. The molecule has 1 aliphatic carbocycles. The summed E-state index contributed by atoms with van der Waals surface area (Å²) in [6, 6.07) is 0.585. The van der Waals surface area contributed by atoms with Crippen molar-refractivity contribution in [2.75, 3.05) is 20.1 Å². The van der Waals surface area contributed by atoms with Gasteiger partial charge in [-0.2, -0.15) is 0 Å². The van der Waals surface area contributed by atoms with Crippen molar-refractivity contribution in [1.82, 2.24) is 10.6 Å². The number of nitrogens with one attached hydrogen (secondary N) is 2. The number of hydrogen-bond donors (Lipinski definition) is 2. The van der Waals surface area contributed by atoms with Gasteiger partial charge in [0.05, 0.1) is 0 Å². The van der Waals surface area contributed by atoms with Crippen molar-refractivity contribution in [2.45, 2.75) is 52.0 Å². The van der Waals surface area contributed by atoms with Gasteiger partial charge in [0.2, 0.25) is 0 Å². The highest BCUT2D eigenvalue weighted by Gasteiger charge is 2.25. The fourth-order valence-corrected chi connectivity index (χ4v) is 2.27. The predicted molar refractivity (Wildman–Crippen MR) is 62.6 cm³/mol. The van der Waals surface area contributed by atoms with Crippen molar-refractivity contribution >= 4 is 0 Å². The smallest absolute Gasteiger partial charge is 0.0161 e. The van der Waals surface area contributed by atoms with Crippen molar-refractivity contribution in [3.8, 4) is 0 Å². The molecule has 1 atom stereocenters. The highest BCUT2D eigenvalue weighted by molar-refractivity contribution is 4.81. The quantitative estimate of drug-likeness (QED) is 0.707. The molecule has 84 valence electrons. The second kappa shape index (κ2) is 5.72. The van der Waals surface area contributed by atoms with E-state index in [1.54, 1.807) is 0 Å². The zero-order valence-corrected chi connectivity index (χ0v) is 10.0. The predicted octanol–water partition coefficient (Wildman–Crippen LogP) is 2.15. The molecule has 1 fully saturated rings. The molecule has 1 unspecified atom stereocenters. The molecule has 14 heavy (non-hydrogen) atoms. The molecule has 0 radical (unpaired) electrons. The van der Waals surface area contributed by atoms with Crippen LogP contribution in [-0.2, 0) is 0 Å². The van der Waals surface area contributed by atoms with Crippen molar-refractivity contribution in [3.63, 3.8) is 0 Å². The van der Waals surface area contributed by atoms with Gasteiger partial charge in [0.1, 0.15) is 0 Å². The van der Waals surface area contributed by atoms with Gasteiger partial charge in [0.25, 0.3) is 0 Å². The Balaban J connectivity index is 2.15.